The Labute approximate surface area is 137 Å². The number of amides is 1. The third-order valence-corrected chi connectivity index (χ3v) is 4.45. The summed E-state index contributed by atoms with van der Waals surface area (Å²) in [7, 11) is 0. The first-order valence-corrected chi connectivity index (χ1v) is 8.15. The first-order valence-electron chi connectivity index (χ1n) is 7.17. The number of nitrogens with zero attached hydrogens (tertiary/aromatic N) is 1. The average Bonchev–Trinajstić information content (AvgIpc) is 2.55. The maximum atomic E-state index is 13.5. The number of pyridine rings is 1. The molecule has 0 unspecified atom stereocenters. The number of aromatic nitrogens is 1. The highest BCUT2D eigenvalue weighted by Crippen LogP contribution is 2.24. The summed E-state index contributed by atoms with van der Waals surface area (Å²) in [6.45, 7) is 1.97. The van der Waals surface area contributed by atoms with E-state index in [9.17, 15) is 9.18 Å². The summed E-state index contributed by atoms with van der Waals surface area (Å²) in [6, 6.07) is 16.0. The van der Waals surface area contributed by atoms with Crippen LogP contribution in [-0.4, -0.2) is 16.6 Å². The van der Waals surface area contributed by atoms with Gasteiger partial charge in [-0.15, -0.1) is 0 Å². The minimum absolute atomic E-state index is 0.181. The number of rotatable bonds is 4. The first kappa shape index (κ1) is 15.5. The van der Waals surface area contributed by atoms with E-state index in [0.717, 1.165) is 21.5 Å². The van der Waals surface area contributed by atoms with Crippen LogP contribution in [0.3, 0.4) is 0 Å². The number of fused-ring (bicyclic) bond motifs is 1. The Balaban J connectivity index is 1.69. The van der Waals surface area contributed by atoms with Gasteiger partial charge in [-0.25, -0.2) is 9.37 Å². The van der Waals surface area contributed by atoms with E-state index in [2.05, 4.69) is 16.4 Å². The molecule has 5 heteroatoms. The summed E-state index contributed by atoms with van der Waals surface area (Å²) < 4.78 is 13.5. The number of carbonyl (C=O) groups excluding carboxylic acids is 1. The maximum absolute atomic E-state index is 13.5. The number of halogens is 1. The van der Waals surface area contributed by atoms with Crippen LogP contribution in [0, 0.1) is 12.7 Å². The van der Waals surface area contributed by atoms with Crippen LogP contribution in [0.15, 0.2) is 59.6 Å². The summed E-state index contributed by atoms with van der Waals surface area (Å²) in [5.74, 6) is -0.513. The highest BCUT2D eigenvalue weighted by atomic mass is 32.2. The van der Waals surface area contributed by atoms with Gasteiger partial charge < -0.3 is 5.32 Å². The van der Waals surface area contributed by atoms with Crippen LogP contribution in [0.5, 0.6) is 0 Å². The second kappa shape index (κ2) is 6.79. The molecule has 1 amide bonds. The van der Waals surface area contributed by atoms with Crippen molar-refractivity contribution in [2.24, 2.45) is 0 Å². The highest BCUT2D eigenvalue weighted by molar-refractivity contribution is 8.00. The van der Waals surface area contributed by atoms with Crippen molar-refractivity contribution in [1.82, 2.24) is 4.98 Å². The van der Waals surface area contributed by atoms with Crippen LogP contribution in [0.4, 0.5) is 10.1 Å². The van der Waals surface area contributed by atoms with Crippen molar-refractivity contribution in [1.29, 1.82) is 0 Å². The summed E-state index contributed by atoms with van der Waals surface area (Å²) in [6.07, 6.45) is 0. The summed E-state index contributed by atoms with van der Waals surface area (Å²) in [5, 5.41) is 4.46. The Morgan fingerprint density at radius 1 is 1.17 bits per heavy atom. The minimum atomic E-state index is -0.439. The molecule has 3 nitrogen and oxygen atoms in total. The van der Waals surface area contributed by atoms with Gasteiger partial charge in [-0.3, -0.25) is 4.79 Å². The zero-order valence-corrected chi connectivity index (χ0v) is 13.4. The van der Waals surface area contributed by atoms with E-state index in [1.54, 1.807) is 12.1 Å². The van der Waals surface area contributed by atoms with Gasteiger partial charge in [0.15, 0.2) is 0 Å². The van der Waals surface area contributed by atoms with E-state index in [1.807, 2.05) is 31.2 Å². The van der Waals surface area contributed by atoms with E-state index in [4.69, 9.17) is 0 Å². The standard InChI is InChI=1S/C18H15FN2OS/c1-12-10-13-6-2-4-8-15(13)21-18(12)23-11-17(22)20-16-9-5-3-7-14(16)19/h2-10H,11H2,1H3,(H,20,22). The topological polar surface area (TPSA) is 42.0 Å². The fourth-order valence-corrected chi connectivity index (χ4v) is 3.02. The van der Waals surface area contributed by atoms with Crippen molar-refractivity contribution < 1.29 is 9.18 Å². The van der Waals surface area contributed by atoms with Crippen molar-refractivity contribution in [2.75, 3.05) is 11.1 Å². The third-order valence-electron chi connectivity index (χ3n) is 3.36. The number of aryl methyl sites for hydroxylation is 1. The van der Waals surface area contributed by atoms with Gasteiger partial charge in [0, 0.05) is 5.39 Å². The Morgan fingerprint density at radius 3 is 2.74 bits per heavy atom. The molecule has 0 saturated heterocycles. The molecular formula is C18H15FN2OS. The number of anilines is 1. The van der Waals surface area contributed by atoms with Crippen molar-refractivity contribution in [3.63, 3.8) is 0 Å². The molecule has 0 atom stereocenters. The lowest BCUT2D eigenvalue weighted by Gasteiger charge is -2.08. The Hall–Kier alpha value is -2.40. The second-order valence-electron chi connectivity index (χ2n) is 5.12. The Bertz CT molecular complexity index is 867. The van der Waals surface area contributed by atoms with Gasteiger partial charge in [0.2, 0.25) is 5.91 Å². The van der Waals surface area contributed by atoms with E-state index in [-0.39, 0.29) is 17.3 Å². The number of thioether (sulfide) groups is 1. The van der Waals surface area contributed by atoms with Crippen molar-refractivity contribution in [2.45, 2.75) is 11.9 Å². The molecule has 0 aliphatic rings. The zero-order chi connectivity index (χ0) is 16.2. The number of para-hydroxylation sites is 2. The SMILES string of the molecule is Cc1cc2ccccc2nc1SCC(=O)Nc1ccccc1F. The normalized spacial score (nSPS) is 10.7. The minimum Gasteiger partial charge on any atom is -0.323 e. The molecular weight excluding hydrogens is 311 g/mol. The van der Waals surface area contributed by atoms with E-state index < -0.39 is 5.82 Å². The van der Waals surface area contributed by atoms with Crippen molar-refractivity contribution >= 4 is 34.3 Å². The molecule has 0 fully saturated rings. The molecule has 0 saturated carbocycles. The second-order valence-corrected chi connectivity index (χ2v) is 6.08. The Morgan fingerprint density at radius 2 is 1.91 bits per heavy atom. The monoisotopic (exact) mass is 326 g/mol. The van der Waals surface area contributed by atoms with Crippen LogP contribution in [0.2, 0.25) is 0 Å². The lowest BCUT2D eigenvalue weighted by molar-refractivity contribution is -0.113. The quantitative estimate of drug-likeness (QED) is 0.722. The molecule has 0 spiro atoms. The number of nitrogens with one attached hydrogen (secondary N) is 1. The third kappa shape index (κ3) is 3.68. The molecule has 2 aromatic carbocycles. The van der Waals surface area contributed by atoms with Gasteiger partial charge in [-0.2, -0.15) is 0 Å². The largest absolute Gasteiger partial charge is 0.323 e. The smallest absolute Gasteiger partial charge is 0.234 e. The van der Waals surface area contributed by atoms with Gasteiger partial charge in [0.1, 0.15) is 10.8 Å². The van der Waals surface area contributed by atoms with Gasteiger partial charge >= 0.3 is 0 Å². The number of hydrogen-bond acceptors (Lipinski definition) is 3. The highest BCUT2D eigenvalue weighted by Gasteiger charge is 2.09. The van der Waals surface area contributed by atoms with Crippen molar-refractivity contribution in [3.8, 4) is 0 Å². The number of benzene rings is 2. The summed E-state index contributed by atoms with van der Waals surface area (Å²) >= 11 is 1.35. The van der Waals surface area contributed by atoms with Gasteiger partial charge in [0.25, 0.3) is 0 Å². The fraction of sp³-hybridized carbons (Fsp3) is 0.111. The Kier molecular flexibility index (Phi) is 4.57. The molecule has 1 aromatic heterocycles. The van der Waals surface area contributed by atoms with Gasteiger partial charge in [-0.1, -0.05) is 42.1 Å². The lowest BCUT2D eigenvalue weighted by atomic mass is 10.2. The van der Waals surface area contributed by atoms with Crippen LogP contribution in [0.25, 0.3) is 10.9 Å². The van der Waals surface area contributed by atoms with Gasteiger partial charge in [-0.05, 0) is 36.8 Å². The molecule has 0 aliphatic carbocycles. The molecule has 0 bridgehead atoms. The van der Waals surface area contributed by atoms with E-state index in [0.29, 0.717) is 0 Å². The fourth-order valence-electron chi connectivity index (χ4n) is 2.23. The maximum Gasteiger partial charge on any atom is 0.234 e. The zero-order valence-electron chi connectivity index (χ0n) is 12.5. The van der Waals surface area contributed by atoms with Crippen LogP contribution in [0.1, 0.15) is 5.56 Å². The number of hydrogen-bond donors (Lipinski definition) is 1. The van der Waals surface area contributed by atoms with Gasteiger partial charge in [0.05, 0.1) is 17.0 Å². The summed E-state index contributed by atoms with van der Waals surface area (Å²) in [5.41, 5.74) is 2.11. The predicted molar refractivity (Wildman–Crippen MR) is 92.2 cm³/mol. The van der Waals surface area contributed by atoms with Crippen LogP contribution in [-0.2, 0) is 4.79 Å². The summed E-state index contributed by atoms with van der Waals surface area (Å²) in [4.78, 5) is 16.6. The molecule has 3 rings (SSSR count). The molecule has 1 N–H and O–H groups in total. The molecule has 3 aromatic rings. The average molecular weight is 326 g/mol. The van der Waals surface area contributed by atoms with E-state index in [1.165, 1.54) is 23.9 Å². The van der Waals surface area contributed by atoms with Crippen LogP contribution < -0.4 is 5.32 Å². The van der Waals surface area contributed by atoms with Crippen LogP contribution >= 0.6 is 11.8 Å². The molecule has 23 heavy (non-hydrogen) atoms. The molecule has 0 radical (unpaired) electrons. The van der Waals surface area contributed by atoms with E-state index >= 15 is 0 Å². The predicted octanol–water partition coefficient (Wildman–Crippen LogP) is 4.41. The molecule has 0 aliphatic heterocycles. The lowest BCUT2D eigenvalue weighted by Crippen LogP contribution is -2.15. The van der Waals surface area contributed by atoms with Crippen molar-refractivity contribution in [3.05, 3.63) is 66.0 Å². The molecule has 116 valence electrons. The number of carbonyl (C=O) groups is 1. The first-order chi connectivity index (χ1) is 11.1. The molecule has 1 heterocycles.